The number of nitrogens with one attached hydrogen (secondary N) is 1. The van der Waals surface area contributed by atoms with Crippen LogP contribution in [0.1, 0.15) is 6.92 Å². The Labute approximate surface area is 203 Å². The van der Waals surface area contributed by atoms with Crippen LogP contribution in [0.25, 0.3) is 11.1 Å². The summed E-state index contributed by atoms with van der Waals surface area (Å²) < 4.78 is 73.5. The third kappa shape index (κ3) is 4.51. The average molecular weight is 520 g/mol. The molecule has 1 aliphatic rings. The number of amides is 1. The second kappa shape index (κ2) is 9.56. The van der Waals surface area contributed by atoms with E-state index in [1.165, 1.54) is 43.3 Å². The molecule has 0 spiro atoms. The Bertz CT molecular complexity index is 1500. The number of hydrogen-bond acceptors (Lipinski definition) is 7. The number of benzene rings is 3. The highest BCUT2D eigenvalue weighted by Crippen LogP contribution is 2.37. The number of ether oxygens (including phenoxy) is 1. The first-order valence-electron chi connectivity index (χ1n) is 10.1. The maximum atomic E-state index is 14.2. The standard InChI is InChI=1S/C23H13F5N4O5/c1-9-19(22(34)32(31-9)20-17(27)15(25)14(24)16(26)18(20)28)30-29-13-7-3-6-12(21(13)33)10-4-2-5-11(8-10)37-23(35)36/h2-8,29,33H,1H3,(H,35,36). The summed E-state index contributed by atoms with van der Waals surface area (Å²) >= 11 is 0. The lowest BCUT2D eigenvalue weighted by Crippen LogP contribution is -2.30. The molecule has 0 unspecified atom stereocenters. The van der Waals surface area contributed by atoms with Gasteiger partial charge in [-0.25, -0.2) is 26.7 Å². The maximum absolute atomic E-state index is 14.2. The van der Waals surface area contributed by atoms with Gasteiger partial charge in [-0.15, -0.1) is 0 Å². The number of para-hydroxylation sites is 1. The third-order valence-corrected chi connectivity index (χ3v) is 5.06. The van der Waals surface area contributed by atoms with Crippen LogP contribution in [0.4, 0.5) is 38.1 Å². The van der Waals surface area contributed by atoms with Gasteiger partial charge in [-0.2, -0.15) is 15.2 Å². The van der Waals surface area contributed by atoms with Gasteiger partial charge in [0.25, 0.3) is 0 Å². The minimum Gasteiger partial charge on any atom is -0.505 e. The van der Waals surface area contributed by atoms with Gasteiger partial charge in [0.1, 0.15) is 17.2 Å². The van der Waals surface area contributed by atoms with Crippen molar-refractivity contribution in [1.82, 2.24) is 0 Å². The van der Waals surface area contributed by atoms with Crippen LogP contribution in [0.5, 0.6) is 11.5 Å². The molecular weight excluding hydrogens is 507 g/mol. The molecule has 0 saturated carbocycles. The maximum Gasteiger partial charge on any atom is 0.511 e. The van der Waals surface area contributed by atoms with E-state index in [1.807, 2.05) is 0 Å². The largest absolute Gasteiger partial charge is 0.511 e. The minimum absolute atomic E-state index is 0.00363. The van der Waals surface area contributed by atoms with Gasteiger partial charge in [-0.05, 0) is 30.7 Å². The van der Waals surface area contributed by atoms with Crippen molar-refractivity contribution >= 4 is 34.9 Å². The van der Waals surface area contributed by atoms with Crippen LogP contribution in [0.3, 0.4) is 0 Å². The second-order valence-electron chi connectivity index (χ2n) is 7.39. The number of phenolic OH excluding ortho intramolecular Hbond substituents is 1. The smallest absolute Gasteiger partial charge is 0.505 e. The van der Waals surface area contributed by atoms with E-state index in [9.17, 15) is 36.6 Å². The van der Waals surface area contributed by atoms with E-state index in [4.69, 9.17) is 5.11 Å². The Balaban J connectivity index is 1.64. The zero-order chi connectivity index (χ0) is 27.0. The molecule has 0 atom stereocenters. The van der Waals surface area contributed by atoms with Crippen LogP contribution in [0.2, 0.25) is 0 Å². The van der Waals surface area contributed by atoms with Crippen LogP contribution in [-0.4, -0.2) is 33.7 Å². The number of hydrazone groups is 2. The fraction of sp³-hybridized carbons (Fsp3) is 0.0435. The van der Waals surface area contributed by atoms with Gasteiger partial charge in [0.2, 0.25) is 5.82 Å². The van der Waals surface area contributed by atoms with E-state index in [2.05, 4.69) is 20.4 Å². The fourth-order valence-electron chi connectivity index (χ4n) is 3.37. The number of rotatable bonds is 5. The summed E-state index contributed by atoms with van der Waals surface area (Å²) in [6, 6.07) is 10.1. The number of carbonyl (C=O) groups is 2. The van der Waals surface area contributed by atoms with Crippen molar-refractivity contribution in [2.24, 2.45) is 10.2 Å². The summed E-state index contributed by atoms with van der Waals surface area (Å²) in [4.78, 5) is 23.5. The molecule has 1 heterocycles. The quantitative estimate of drug-likeness (QED) is 0.0828. The first kappa shape index (κ1) is 25.1. The fourth-order valence-corrected chi connectivity index (χ4v) is 3.37. The molecule has 0 fully saturated rings. The van der Waals surface area contributed by atoms with Crippen LogP contribution in [0, 0.1) is 29.1 Å². The molecule has 4 rings (SSSR count). The number of carbonyl (C=O) groups excluding carboxylic acids is 1. The number of aromatic hydroxyl groups is 1. The predicted molar refractivity (Wildman–Crippen MR) is 120 cm³/mol. The van der Waals surface area contributed by atoms with Crippen molar-refractivity contribution in [1.29, 1.82) is 0 Å². The minimum atomic E-state index is -2.39. The summed E-state index contributed by atoms with van der Waals surface area (Å²) in [7, 11) is 0. The summed E-state index contributed by atoms with van der Waals surface area (Å²) in [5, 5.41) is 26.8. The summed E-state index contributed by atoms with van der Waals surface area (Å²) in [6.07, 6.45) is -1.54. The van der Waals surface area contributed by atoms with Crippen LogP contribution in [0.15, 0.2) is 52.7 Å². The van der Waals surface area contributed by atoms with E-state index in [-0.39, 0.29) is 33.5 Å². The van der Waals surface area contributed by atoms with Gasteiger partial charge >= 0.3 is 12.1 Å². The van der Waals surface area contributed by atoms with Crippen molar-refractivity contribution < 1.29 is 46.5 Å². The van der Waals surface area contributed by atoms with E-state index in [1.54, 1.807) is 6.07 Å². The van der Waals surface area contributed by atoms with Crippen LogP contribution >= 0.6 is 0 Å². The number of anilines is 2. The number of phenols is 1. The lowest BCUT2D eigenvalue weighted by atomic mass is 10.0. The van der Waals surface area contributed by atoms with Crippen LogP contribution in [-0.2, 0) is 4.79 Å². The Hall–Kier alpha value is -5.01. The molecule has 37 heavy (non-hydrogen) atoms. The number of carboxylic acid groups (broad SMARTS) is 1. The molecule has 1 aliphatic heterocycles. The van der Waals surface area contributed by atoms with Gasteiger partial charge < -0.3 is 14.9 Å². The first-order chi connectivity index (χ1) is 17.5. The highest BCUT2D eigenvalue weighted by Gasteiger charge is 2.38. The number of halogens is 5. The summed E-state index contributed by atoms with van der Waals surface area (Å²) in [6.45, 7) is 1.20. The van der Waals surface area contributed by atoms with E-state index in [0.717, 1.165) is 0 Å². The Morgan fingerprint density at radius 1 is 1.00 bits per heavy atom. The van der Waals surface area contributed by atoms with Crippen molar-refractivity contribution in [3.05, 3.63) is 71.6 Å². The number of hydrogen-bond donors (Lipinski definition) is 3. The Morgan fingerprint density at radius 3 is 2.27 bits per heavy atom. The zero-order valence-corrected chi connectivity index (χ0v) is 18.4. The predicted octanol–water partition coefficient (Wildman–Crippen LogP) is 5.00. The highest BCUT2D eigenvalue weighted by molar-refractivity contribution is 6.71. The summed E-state index contributed by atoms with van der Waals surface area (Å²) in [5.41, 5.74) is 0.586. The second-order valence-corrected chi connectivity index (χ2v) is 7.39. The SMILES string of the molecule is CC1=NN(c2c(F)c(F)c(F)c(F)c2F)C(=O)C1=NNc1cccc(-c2cccc(OC(=O)O)c2)c1O. The molecule has 0 radical (unpaired) electrons. The molecule has 0 saturated heterocycles. The van der Waals surface area contributed by atoms with E-state index in [0.29, 0.717) is 5.56 Å². The molecule has 0 aliphatic carbocycles. The molecule has 190 valence electrons. The van der Waals surface area contributed by atoms with Gasteiger partial charge in [0.15, 0.2) is 29.0 Å². The number of nitrogens with zero attached hydrogens (tertiary/aromatic N) is 3. The molecule has 0 aromatic heterocycles. The Kier molecular flexibility index (Phi) is 6.49. The lowest BCUT2D eigenvalue weighted by molar-refractivity contribution is -0.112. The third-order valence-electron chi connectivity index (χ3n) is 5.06. The van der Waals surface area contributed by atoms with Gasteiger partial charge in [0, 0.05) is 5.56 Å². The van der Waals surface area contributed by atoms with E-state index < -0.39 is 52.5 Å². The van der Waals surface area contributed by atoms with Crippen molar-refractivity contribution in [3.63, 3.8) is 0 Å². The van der Waals surface area contributed by atoms with Crippen LogP contribution < -0.4 is 15.2 Å². The van der Waals surface area contributed by atoms with Crippen molar-refractivity contribution in [2.45, 2.75) is 6.92 Å². The molecule has 9 nitrogen and oxygen atoms in total. The summed E-state index contributed by atoms with van der Waals surface area (Å²) in [5.74, 6) is -13.1. The topological polar surface area (TPSA) is 124 Å². The molecule has 3 aromatic carbocycles. The van der Waals surface area contributed by atoms with Gasteiger partial charge in [-0.1, -0.05) is 24.3 Å². The monoisotopic (exact) mass is 520 g/mol. The zero-order valence-electron chi connectivity index (χ0n) is 18.4. The first-order valence-corrected chi connectivity index (χ1v) is 10.1. The van der Waals surface area contributed by atoms with Gasteiger partial charge in [0.05, 0.1) is 11.4 Å². The lowest BCUT2D eigenvalue weighted by Gasteiger charge is -2.14. The van der Waals surface area contributed by atoms with E-state index >= 15 is 0 Å². The van der Waals surface area contributed by atoms with Gasteiger partial charge in [-0.3, -0.25) is 10.2 Å². The van der Waals surface area contributed by atoms with Crippen molar-refractivity contribution in [2.75, 3.05) is 10.4 Å². The molecule has 1 amide bonds. The molecule has 3 N–H and O–H groups in total. The highest BCUT2D eigenvalue weighted by atomic mass is 19.2. The molecular formula is C23H13F5N4O5. The molecule has 3 aromatic rings. The van der Waals surface area contributed by atoms with Crippen molar-refractivity contribution in [3.8, 4) is 22.6 Å². The Morgan fingerprint density at radius 2 is 1.62 bits per heavy atom. The molecule has 0 bridgehead atoms. The molecule has 14 heteroatoms. The average Bonchev–Trinajstić information content (AvgIpc) is 3.13. The normalized spacial score (nSPS) is 14.2.